The summed E-state index contributed by atoms with van der Waals surface area (Å²) in [6, 6.07) is 6.37. The summed E-state index contributed by atoms with van der Waals surface area (Å²) in [5.41, 5.74) is 5.28. The number of rotatable bonds is 5. The van der Waals surface area contributed by atoms with Crippen LogP contribution in [-0.2, 0) is 17.4 Å². The van der Waals surface area contributed by atoms with Gasteiger partial charge in [-0.05, 0) is 76.8 Å². The second-order valence-corrected chi connectivity index (χ2v) is 11.7. The van der Waals surface area contributed by atoms with Crippen molar-refractivity contribution in [1.82, 2.24) is 29.6 Å². The van der Waals surface area contributed by atoms with Crippen LogP contribution in [0.4, 0.5) is 11.6 Å². The SMILES string of the molecule is CC(C)n1c(=O)c2cnc(Nc3ccc4c(c3)CCNC4(C)C)nc2n1-c1nc(C2(C)CC2)cs1. The molecule has 0 unspecified atom stereocenters. The second kappa shape index (κ2) is 7.73. The molecular formula is C26H31N7OS. The molecule has 0 amide bonds. The van der Waals surface area contributed by atoms with Crippen LogP contribution in [0.3, 0.4) is 0 Å². The Labute approximate surface area is 208 Å². The van der Waals surface area contributed by atoms with E-state index in [9.17, 15) is 4.79 Å². The Kier molecular flexibility index (Phi) is 4.95. The summed E-state index contributed by atoms with van der Waals surface area (Å²) >= 11 is 1.56. The monoisotopic (exact) mass is 489 g/mol. The van der Waals surface area contributed by atoms with Crippen LogP contribution >= 0.6 is 11.3 Å². The van der Waals surface area contributed by atoms with E-state index >= 15 is 0 Å². The highest BCUT2D eigenvalue weighted by atomic mass is 32.1. The van der Waals surface area contributed by atoms with Crippen LogP contribution in [0.2, 0.25) is 0 Å². The number of benzene rings is 1. The fourth-order valence-electron chi connectivity index (χ4n) is 5.01. The van der Waals surface area contributed by atoms with Gasteiger partial charge in [0.2, 0.25) is 11.1 Å². The molecule has 1 aliphatic heterocycles. The summed E-state index contributed by atoms with van der Waals surface area (Å²) in [5, 5.41) is 10.3. The molecule has 3 aromatic heterocycles. The molecule has 8 nitrogen and oxygen atoms in total. The Bertz CT molecular complexity index is 1510. The molecule has 35 heavy (non-hydrogen) atoms. The van der Waals surface area contributed by atoms with Crippen molar-refractivity contribution >= 4 is 34.0 Å². The summed E-state index contributed by atoms with van der Waals surface area (Å²) < 4.78 is 3.60. The highest BCUT2D eigenvalue weighted by Crippen LogP contribution is 2.47. The first-order valence-electron chi connectivity index (χ1n) is 12.3. The Morgan fingerprint density at radius 1 is 1.17 bits per heavy atom. The summed E-state index contributed by atoms with van der Waals surface area (Å²) in [5.74, 6) is 0.464. The molecule has 1 fully saturated rings. The molecule has 0 saturated heterocycles. The van der Waals surface area contributed by atoms with E-state index in [1.54, 1.807) is 22.2 Å². The van der Waals surface area contributed by atoms with Gasteiger partial charge in [0, 0.05) is 34.3 Å². The minimum atomic E-state index is -0.0977. The van der Waals surface area contributed by atoms with Crippen molar-refractivity contribution in [2.75, 3.05) is 11.9 Å². The predicted octanol–water partition coefficient (Wildman–Crippen LogP) is 4.80. The van der Waals surface area contributed by atoms with E-state index in [4.69, 9.17) is 9.97 Å². The summed E-state index contributed by atoms with van der Waals surface area (Å²) in [7, 11) is 0. The third-order valence-corrected chi connectivity index (χ3v) is 8.22. The highest BCUT2D eigenvalue weighted by Gasteiger charge is 2.41. The molecule has 0 bridgehead atoms. The lowest BCUT2D eigenvalue weighted by Crippen LogP contribution is -2.42. The van der Waals surface area contributed by atoms with Crippen molar-refractivity contribution in [3.05, 3.63) is 57.0 Å². The zero-order chi connectivity index (χ0) is 24.5. The van der Waals surface area contributed by atoms with E-state index in [1.807, 2.05) is 18.5 Å². The van der Waals surface area contributed by atoms with Gasteiger partial charge in [0.25, 0.3) is 5.56 Å². The molecule has 0 radical (unpaired) electrons. The maximum atomic E-state index is 13.3. The van der Waals surface area contributed by atoms with E-state index in [2.05, 4.69) is 60.0 Å². The molecule has 1 aliphatic carbocycles. The Morgan fingerprint density at radius 2 is 1.97 bits per heavy atom. The fourth-order valence-corrected chi connectivity index (χ4v) is 5.99. The maximum absolute atomic E-state index is 13.3. The molecule has 1 saturated carbocycles. The standard InChI is InChI=1S/C26H31N7OS/c1-15(2)32-22(34)18-13-27-23(29-17-6-7-19-16(12-17)8-11-28-25(19,3)4)31-21(18)33(32)24-30-20(14-35-24)26(5)9-10-26/h6-7,12-15,28H,8-11H2,1-5H3,(H,27,29,31). The number of thiazole rings is 1. The smallest absolute Gasteiger partial charge is 0.278 e. The Balaban J connectivity index is 1.42. The van der Waals surface area contributed by atoms with Crippen LogP contribution < -0.4 is 16.2 Å². The molecule has 1 aromatic carbocycles. The van der Waals surface area contributed by atoms with Gasteiger partial charge in [-0.2, -0.15) is 4.98 Å². The Morgan fingerprint density at radius 3 is 2.71 bits per heavy atom. The number of nitrogens with zero attached hydrogens (tertiary/aromatic N) is 5. The third kappa shape index (κ3) is 3.68. The zero-order valence-electron chi connectivity index (χ0n) is 20.8. The van der Waals surface area contributed by atoms with Crippen molar-refractivity contribution in [2.24, 2.45) is 0 Å². The molecular weight excluding hydrogens is 458 g/mol. The topological polar surface area (TPSA) is 89.7 Å². The molecule has 4 heterocycles. The van der Waals surface area contributed by atoms with Crippen molar-refractivity contribution in [3.63, 3.8) is 0 Å². The third-order valence-electron chi connectivity index (χ3n) is 7.40. The summed E-state index contributed by atoms with van der Waals surface area (Å²) in [6.45, 7) is 11.6. The number of hydrogen-bond donors (Lipinski definition) is 2. The molecule has 4 aromatic rings. The zero-order valence-corrected chi connectivity index (χ0v) is 21.7. The maximum Gasteiger partial charge on any atom is 0.278 e. The first kappa shape index (κ1) is 22.4. The predicted molar refractivity (Wildman–Crippen MR) is 140 cm³/mol. The van der Waals surface area contributed by atoms with Crippen LogP contribution in [0, 0.1) is 0 Å². The first-order chi connectivity index (χ1) is 16.7. The fraction of sp³-hybridized carbons (Fsp3) is 0.462. The number of anilines is 2. The largest absolute Gasteiger partial charge is 0.324 e. The van der Waals surface area contributed by atoms with Gasteiger partial charge in [-0.25, -0.2) is 19.3 Å². The average molecular weight is 490 g/mol. The molecule has 0 atom stereocenters. The second-order valence-electron chi connectivity index (χ2n) is 10.9. The molecule has 182 valence electrons. The first-order valence-corrected chi connectivity index (χ1v) is 13.2. The highest BCUT2D eigenvalue weighted by molar-refractivity contribution is 7.12. The van der Waals surface area contributed by atoms with E-state index < -0.39 is 0 Å². The van der Waals surface area contributed by atoms with Crippen LogP contribution in [0.5, 0.6) is 0 Å². The van der Waals surface area contributed by atoms with Gasteiger partial charge in [0.15, 0.2) is 5.65 Å². The number of hydrogen-bond acceptors (Lipinski definition) is 7. The molecule has 6 rings (SSSR count). The van der Waals surface area contributed by atoms with Gasteiger partial charge in [0.1, 0.15) is 5.39 Å². The lowest BCUT2D eigenvalue weighted by atomic mass is 9.85. The van der Waals surface area contributed by atoms with Gasteiger partial charge in [-0.1, -0.05) is 13.0 Å². The summed E-state index contributed by atoms with van der Waals surface area (Å²) in [4.78, 5) is 27.5. The average Bonchev–Trinajstić information content (AvgIpc) is 3.25. The lowest BCUT2D eigenvalue weighted by molar-refractivity contribution is 0.382. The molecule has 2 N–H and O–H groups in total. The van der Waals surface area contributed by atoms with Gasteiger partial charge in [-0.3, -0.25) is 4.79 Å². The van der Waals surface area contributed by atoms with Crippen molar-refractivity contribution in [2.45, 2.75) is 70.9 Å². The minimum Gasteiger partial charge on any atom is -0.324 e. The normalized spacial score (nSPS) is 18.1. The van der Waals surface area contributed by atoms with Crippen LogP contribution in [0.25, 0.3) is 16.2 Å². The van der Waals surface area contributed by atoms with E-state index in [-0.39, 0.29) is 22.6 Å². The van der Waals surface area contributed by atoms with Gasteiger partial charge < -0.3 is 10.6 Å². The van der Waals surface area contributed by atoms with E-state index in [1.165, 1.54) is 11.1 Å². The van der Waals surface area contributed by atoms with Crippen molar-refractivity contribution in [3.8, 4) is 5.13 Å². The quantitative estimate of drug-likeness (QED) is 0.419. The van der Waals surface area contributed by atoms with Crippen LogP contribution in [0.15, 0.2) is 34.6 Å². The minimum absolute atomic E-state index is 0.0402. The van der Waals surface area contributed by atoms with Crippen molar-refractivity contribution < 1.29 is 0 Å². The Hall–Kier alpha value is -3.04. The lowest BCUT2D eigenvalue weighted by Gasteiger charge is -2.34. The summed E-state index contributed by atoms with van der Waals surface area (Å²) in [6.07, 6.45) is 4.93. The van der Waals surface area contributed by atoms with E-state index in [0.29, 0.717) is 17.0 Å². The van der Waals surface area contributed by atoms with Gasteiger partial charge in [-0.15, -0.1) is 11.3 Å². The van der Waals surface area contributed by atoms with E-state index in [0.717, 1.165) is 42.3 Å². The molecule has 9 heteroatoms. The van der Waals surface area contributed by atoms with Crippen molar-refractivity contribution in [1.29, 1.82) is 0 Å². The number of aromatic nitrogens is 5. The molecule has 0 spiro atoms. The van der Waals surface area contributed by atoms with Gasteiger partial charge in [0.05, 0.1) is 5.69 Å². The number of nitrogens with one attached hydrogen (secondary N) is 2. The van der Waals surface area contributed by atoms with Crippen LogP contribution in [-0.4, -0.2) is 30.9 Å². The van der Waals surface area contributed by atoms with Crippen LogP contribution in [0.1, 0.15) is 70.3 Å². The van der Waals surface area contributed by atoms with Gasteiger partial charge >= 0.3 is 0 Å². The number of fused-ring (bicyclic) bond motifs is 2. The molecule has 2 aliphatic rings.